The van der Waals surface area contributed by atoms with Gasteiger partial charge in [-0.2, -0.15) is 14.8 Å². The van der Waals surface area contributed by atoms with E-state index in [1.165, 1.54) is 19.3 Å². The smallest absolute Gasteiger partial charge is 0.478 e. The van der Waals surface area contributed by atoms with Crippen molar-refractivity contribution in [2.45, 2.75) is 37.5 Å². The Balaban J connectivity index is 0. The second-order valence-electron chi connectivity index (χ2n) is 4.35. The predicted molar refractivity (Wildman–Crippen MR) is 79.7 cm³/mol. The van der Waals surface area contributed by atoms with E-state index in [0.717, 1.165) is 18.6 Å². The molecule has 1 aromatic carbocycles. The fraction of sp³-hybridized carbons (Fsp3) is 0.357. The van der Waals surface area contributed by atoms with E-state index >= 15 is 0 Å². The minimum absolute atomic E-state index is 0. The minimum Gasteiger partial charge on any atom is -0.478 e. The molecule has 1 aromatic rings. The zero-order valence-corrected chi connectivity index (χ0v) is 17.1. The Hall–Kier alpha value is -0.294. The van der Waals surface area contributed by atoms with Gasteiger partial charge >= 0.3 is 63.3 Å². The van der Waals surface area contributed by atoms with Crippen LogP contribution in [0.25, 0.3) is 0 Å². The molecule has 0 aliphatic carbocycles. The van der Waals surface area contributed by atoms with Gasteiger partial charge in [0.05, 0.1) is 16.0 Å². The third-order valence-electron chi connectivity index (χ3n) is 2.60. The summed E-state index contributed by atoms with van der Waals surface area (Å²) in [5, 5.41) is 17.3. The van der Waals surface area contributed by atoms with E-state index in [1.54, 1.807) is 0 Å². The summed E-state index contributed by atoms with van der Waals surface area (Å²) in [4.78, 5) is 20.6. The van der Waals surface area contributed by atoms with Crippen molar-refractivity contribution in [1.82, 2.24) is 0 Å². The van der Waals surface area contributed by atoms with Crippen LogP contribution in [0.4, 0.5) is 0 Å². The SMILES string of the molecule is O=C(O)c1ccc(S(=O)(=O)O)cc1C(=O)O.[CH2-]CCCCC.[K+]. The molecule has 0 spiro atoms. The molecule has 3 N–H and O–H groups in total. The number of rotatable bonds is 6. The van der Waals surface area contributed by atoms with Gasteiger partial charge in [-0.25, -0.2) is 9.59 Å². The molecule has 0 saturated carbocycles. The monoisotopic (exact) mass is 370 g/mol. The summed E-state index contributed by atoms with van der Waals surface area (Å²) in [7, 11) is -4.56. The first-order valence-electron chi connectivity index (χ1n) is 6.52. The van der Waals surface area contributed by atoms with Crippen LogP contribution < -0.4 is 51.4 Å². The van der Waals surface area contributed by atoms with Crippen molar-refractivity contribution in [3.63, 3.8) is 0 Å². The summed E-state index contributed by atoms with van der Waals surface area (Å²) in [5.41, 5.74) is -1.26. The third kappa shape index (κ3) is 9.55. The summed E-state index contributed by atoms with van der Waals surface area (Å²) >= 11 is 0. The van der Waals surface area contributed by atoms with Crippen molar-refractivity contribution in [3.8, 4) is 0 Å². The predicted octanol–water partition coefficient (Wildman–Crippen LogP) is -0.266. The summed E-state index contributed by atoms with van der Waals surface area (Å²) in [6.45, 7) is 5.93. The van der Waals surface area contributed by atoms with Gasteiger partial charge in [0.2, 0.25) is 0 Å². The molecule has 0 fully saturated rings. The molecule has 0 saturated heterocycles. The van der Waals surface area contributed by atoms with Gasteiger partial charge in [0.15, 0.2) is 0 Å². The molecule has 0 radical (unpaired) electrons. The topological polar surface area (TPSA) is 129 Å². The van der Waals surface area contributed by atoms with Crippen LogP contribution in [0.15, 0.2) is 23.1 Å². The van der Waals surface area contributed by atoms with Crippen molar-refractivity contribution in [3.05, 3.63) is 36.2 Å². The van der Waals surface area contributed by atoms with Gasteiger partial charge in [-0.15, -0.1) is 0 Å². The summed E-state index contributed by atoms with van der Waals surface area (Å²) < 4.78 is 30.1. The van der Waals surface area contributed by atoms with E-state index in [0.29, 0.717) is 6.07 Å². The zero-order valence-electron chi connectivity index (χ0n) is 13.2. The second-order valence-corrected chi connectivity index (χ2v) is 5.77. The molecule has 0 aromatic heterocycles. The standard InChI is InChI=1S/C8H6O7S.C6H13.K/c9-7(10)5-2-1-4(16(13,14)15)3-6(5)8(11)12;1-3-5-6-4-2;/h1-3H,(H,9,10)(H,11,12)(H,13,14,15);1,3-6H2,2H3;/q;-1;+1. The number of unbranched alkanes of at least 4 members (excludes halogenated alkanes) is 3. The van der Waals surface area contributed by atoms with Crippen LogP contribution in [0.3, 0.4) is 0 Å². The largest absolute Gasteiger partial charge is 1.00 e. The minimum atomic E-state index is -4.56. The molecule has 0 aliphatic rings. The Bertz CT molecular complexity index is 622. The number of benzene rings is 1. The maximum atomic E-state index is 10.7. The molecular weight excluding hydrogens is 351 g/mol. The first kappa shape index (κ1) is 25.0. The van der Waals surface area contributed by atoms with E-state index in [2.05, 4.69) is 13.8 Å². The molecule has 23 heavy (non-hydrogen) atoms. The van der Waals surface area contributed by atoms with E-state index in [-0.39, 0.29) is 51.4 Å². The normalized spacial score (nSPS) is 10.0. The quantitative estimate of drug-likeness (QED) is 0.272. The average molecular weight is 370 g/mol. The van der Waals surface area contributed by atoms with Crippen LogP contribution in [-0.2, 0) is 10.1 Å². The van der Waals surface area contributed by atoms with Crippen molar-refractivity contribution in [1.29, 1.82) is 0 Å². The second kappa shape index (κ2) is 12.1. The van der Waals surface area contributed by atoms with Gasteiger partial charge in [-0.3, -0.25) is 4.55 Å². The van der Waals surface area contributed by atoms with Crippen molar-refractivity contribution >= 4 is 22.1 Å². The van der Waals surface area contributed by atoms with Gasteiger partial charge in [-0.05, 0) is 18.2 Å². The third-order valence-corrected chi connectivity index (χ3v) is 3.45. The number of hydrogen-bond acceptors (Lipinski definition) is 4. The number of carboxylic acid groups (broad SMARTS) is 2. The zero-order chi connectivity index (χ0) is 17.3. The van der Waals surface area contributed by atoms with Crippen LogP contribution in [0.1, 0.15) is 53.3 Å². The molecule has 0 heterocycles. The molecule has 7 nitrogen and oxygen atoms in total. The van der Waals surface area contributed by atoms with Crippen molar-refractivity contribution in [2.24, 2.45) is 0 Å². The Morgan fingerprint density at radius 1 is 1.09 bits per heavy atom. The fourth-order valence-electron chi connectivity index (χ4n) is 1.47. The average Bonchev–Trinajstić information content (AvgIpc) is 2.44. The fourth-order valence-corrected chi connectivity index (χ4v) is 1.98. The molecule has 0 amide bonds. The van der Waals surface area contributed by atoms with Crippen LogP contribution in [0.5, 0.6) is 0 Å². The number of aromatic carboxylic acids is 2. The van der Waals surface area contributed by atoms with Crippen molar-refractivity contribution in [2.75, 3.05) is 0 Å². The van der Waals surface area contributed by atoms with Gasteiger partial charge in [-0.1, -0.05) is 26.2 Å². The van der Waals surface area contributed by atoms with E-state index in [9.17, 15) is 18.0 Å². The first-order valence-corrected chi connectivity index (χ1v) is 7.96. The maximum absolute atomic E-state index is 10.7. The van der Waals surface area contributed by atoms with Crippen LogP contribution in [-0.4, -0.2) is 35.1 Å². The molecule has 0 aliphatic heterocycles. The van der Waals surface area contributed by atoms with E-state index in [1.807, 2.05) is 0 Å². The van der Waals surface area contributed by atoms with E-state index < -0.39 is 38.1 Å². The van der Waals surface area contributed by atoms with Gasteiger partial charge in [0.25, 0.3) is 10.1 Å². The molecule has 0 bridgehead atoms. The molecule has 1 rings (SSSR count). The van der Waals surface area contributed by atoms with Crippen LogP contribution in [0, 0.1) is 6.92 Å². The summed E-state index contributed by atoms with van der Waals surface area (Å²) in [6, 6.07) is 2.20. The number of carbonyl (C=O) groups is 2. The molecule has 9 heteroatoms. The molecule has 124 valence electrons. The Morgan fingerprint density at radius 3 is 1.91 bits per heavy atom. The molecule has 0 atom stereocenters. The van der Waals surface area contributed by atoms with Gasteiger partial charge < -0.3 is 17.1 Å². The number of hydrogen-bond donors (Lipinski definition) is 3. The summed E-state index contributed by atoms with van der Waals surface area (Å²) in [5.74, 6) is -3.10. The first-order chi connectivity index (χ1) is 10.1. The van der Waals surface area contributed by atoms with Crippen LogP contribution in [0.2, 0.25) is 0 Å². The van der Waals surface area contributed by atoms with Crippen LogP contribution >= 0.6 is 0 Å². The summed E-state index contributed by atoms with van der Waals surface area (Å²) in [6.07, 6.45) is 5.07. The number of carboxylic acids is 2. The Labute approximate surface area is 178 Å². The molecular formula is C14H19KO7S. The van der Waals surface area contributed by atoms with Gasteiger partial charge in [0.1, 0.15) is 0 Å². The Kier molecular flexibility index (Phi) is 13.2. The maximum Gasteiger partial charge on any atom is 1.00 e. The Morgan fingerprint density at radius 2 is 1.61 bits per heavy atom. The van der Waals surface area contributed by atoms with Crippen molar-refractivity contribution < 1.29 is 84.2 Å². The van der Waals surface area contributed by atoms with Gasteiger partial charge in [0, 0.05) is 0 Å². The molecule has 0 unspecified atom stereocenters. The van der Waals surface area contributed by atoms with E-state index in [4.69, 9.17) is 14.8 Å².